The Labute approximate surface area is 131 Å². The molecule has 0 aromatic rings. The van der Waals surface area contributed by atoms with Gasteiger partial charge in [-0.2, -0.15) is 0 Å². The Bertz CT molecular complexity index is 423. The first kappa shape index (κ1) is 17.9. The normalized spacial score (nSPS) is 21.5. The van der Waals surface area contributed by atoms with E-state index in [0.29, 0.717) is 5.78 Å². The van der Waals surface area contributed by atoms with Gasteiger partial charge in [0.1, 0.15) is 5.78 Å². The zero-order valence-electron chi connectivity index (χ0n) is 14.4. The van der Waals surface area contributed by atoms with E-state index in [1.165, 1.54) is 17.6 Å². The van der Waals surface area contributed by atoms with Crippen LogP contribution >= 0.6 is 0 Å². The summed E-state index contributed by atoms with van der Waals surface area (Å²) in [4.78, 5) is 12.0. The molecule has 21 heavy (non-hydrogen) atoms. The van der Waals surface area contributed by atoms with E-state index in [9.17, 15) is 4.79 Å². The molecule has 0 aliphatic heterocycles. The average Bonchev–Trinajstić information content (AvgIpc) is 2.47. The highest BCUT2D eigenvalue weighted by molar-refractivity contribution is 5.81. The number of ketones is 1. The minimum absolute atomic E-state index is 0.128. The van der Waals surface area contributed by atoms with Gasteiger partial charge in [-0.3, -0.25) is 4.79 Å². The summed E-state index contributed by atoms with van der Waals surface area (Å²) in [7, 11) is 0. The number of Topliss-reactive ketones (excluding diaryl/α,β-unsaturated/α-hetero) is 1. The number of carbonyl (C=O) groups is 1. The topological polar surface area (TPSA) is 17.1 Å². The molecule has 0 fully saturated rings. The number of hydrogen-bond acceptors (Lipinski definition) is 1. The molecule has 1 nitrogen and oxygen atoms in total. The first-order valence-electron chi connectivity index (χ1n) is 8.67. The van der Waals surface area contributed by atoms with E-state index in [1.54, 1.807) is 12.5 Å². The summed E-state index contributed by atoms with van der Waals surface area (Å²) in [5.41, 5.74) is 4.41. The molecule has 0 aromatic carbocycles. The lowest BCUT2D eigenvalue weighted by molar-refractivity contribution is -0.119. The van der Waals surface area contributed by atoms with Gasteiger partial charge in [-0.25, -0.2) is 0 Å². The highest BCUT2D eigenvalue weighted by Crippen LogP contribution is 2.26. The van der Waals surface area contributed by atoms with Crippen molar-refractivity contribution < 1.29 is 4.79 Å². The van der Waals surface area contributed by atoms with Gasteiger partial charge in [0, 0.05) is 5.92 Å². The van der Waals surface area contributed by atoms with Crippen molar-refractivity contribution in [2.24, 2.45) is 5.92 Å². The molecule has 1 rings (SSSR count). The maximum absolute atomic E-state index is 12.0. The maximum Gasteiger partial charge on any atom is 0.136 e. The molecule has 0 saturated heterocycles. The Balaban J connectivity index is 3.03. The molecule has 0 aromatic heterocycles. The Morgan fingerprint density at radius 1 is 1.00 bits per heavy atom. The van der Waals surface area contributed by atoms with Gasteiger partial charge in [0.15, 0.2) is 0 Å². The van der Waals surface area contributed by atoms with Crippen molar-refractivity contribution in [1.82, 2.24) is 0 Å². The van der Waals surface area contributed by atoms with Gasteiger partial charge < -0.3 is 0 Å². The van der Waals surface area contributed by atoms with E-state index >= 15 is 0 Å². The Morgan fingerprint density at radius 2 is 1.67 bits per heavy atom. The van der Waals surface area contributed by atoms with Gasteiger partial charge in [-0.1, -0.05) is 55.7 Å². The lowest BCUT2D eigenvalue weighted by Gasteiger charge is -2.18. The molecule has 0 spiro atoms. The summed E-state index contributed by atoms with van der Waals surface area (Å²) in [6, 6.07) is 0. The molecular formula is C20H32O. The number of hydrogen-bond donors (Lipinski definition) is 0. The standard InChI is InChI=1S/C20H32O/c1-5-17-10-8-11-18(6-2)14-15-20(16(4)21)19(7-3)13-9-12-17/h11-13,20H,5-10,14-15H2,1-4H3. The van der Waals surface area contributed by atoms with Crippen LogP contribution in [0, 0.1) is 5.92 Å². The van der Waals surface area contributed by atoms with Gasteiger partial charge in [0.2, 0.25) is 0 Å². The van der Waals surface area contributed by atoms with Gasteiger partial charge >= 0.3 is 0 Å². The van der Waals surface area contributed by atoms with Crippen molar-refractivity contribution in [3.63, 3.8) is 0 Å². The number of carbonyl (C=O) groups excluding carboxylic acids is 1. The molecule has 1 unspecified atom stereocenters. The molecule has 0 N–H and O–H groups in total. The fourth-order valence-electron chi connectivity index (χ4n) is 3.20. The fraction of sp³-hybridized carbons (Fsp3) is 0.650. The van der Waals surface area contributed by atoms with E-state index in [2.05, 4.69) is 39.0 Å². The minimum atomic E-state index is 0.128. The maximum atomic E-state index is 12.0. The zero-order valence-corrected chi connectivity index (χ0v) is 14.4. The third kappa shape index (κ3) is 6.03. The highest BCUT2D eigenvalue weighted by atomic mass is 16.1. The van der Waals surface area contributed by atoms with Gasteiger partial charge in [0.25, 0.3) is 0 Å². The second kappa shape index (κ2) is 9.76. The molecule has 0 saturated carbocycles. The fourth-order valence-corrected chi connectivity index (χ4v) is 3.20. The lowest BCUT2D eigenvalue weighted by Crippen LogP contribution is -2.14. The summed E-state index contributed by atoms with van der Waals surface area (Å²) in [5.74, 6) is 0.457. The second-order valence-electron chi connectivity index (χ2n) is 6.04. The van der Waals surface area contributed by atoms with E-state index in [4.69, 9.17) is 0 Å². The third-order valence-corrected chi connectivity index (χ3v) is 4.69. The van der Waals surface area contributed by atoms with Crippen molar-refractivity contribution >= 4 is 5.78 Å². The van der Waals surface area contributed by atoms with Gasteiger partial charge in [0.05, 0.1) is 0 Å². The van der Waals surface area contributed by atoms with Crippen LogP contribution in [0.4, 0.5) is 0 Å². The molecule has 1 heteroatoms. The molecular weight excluding hydrogens is 256 g/mol. The van der Waals surface area contributed by atoms with Crippen molar-refractivity contribution in [1.29, 1.82) is 0 Å². The molecule has 0 radical (unpaired) electrons. The van der Waals surface area contributed by atoms with Crippen molar-refractivity contribution in [2.75, 3.05) is 0 Å². The lowest BCUT2D eigenvalue weighted by atomic mass is 9.86. The van der Waals surface area contributed by atoms with Crippen molar-refractivity contribution in [3.05, 3.63) is 34.9 Å². The Kier molecular flexibility index (Phi) is 8.34. The SMILES string of the molecule is CCC1=CCC=C(CC)C(C(C)=O)CCC(CC)=CCC1. The quantitative estimate of drug-likeness (QED) is 0.566. The number of rotatable bonds is 4. The van der Waals surface area contributed by atoms with Crippen LogP contribution < -0.4 is 0 Å². The van der Waals surface area contributed by atoms with Gasteiger partial charge in [-0.05, 0) is 58.3 Å². The molecule has 118 valence electrons. The first-order valence-corrected chi connectivity index (χ1v) is 8.67. The van der Waals surface area contributed by atoms with E-state index < -0.39 is 0 Å². The summed E-state index contributed by atoms with van der Waals surface area (Å²) >= 11 is 0. The minimum Gasteiger partial charge on any atom is -0.299 e. The first-order chi connectivity index (χ1) is 10.1. The summed E-state index contributed by atoms with van der Waals surface area (Å²) in [6.07, 6.45) is 15.7. The Morgan fingerprint density at radius 3 is 2.24 bits per heavy atom. The third-order valence-electron chi connectivity index (χ3n) is 4.69. The Hall–Kier alpha value is -1.11. The summed E-state index contributed by atoms with van der Waals surface area (Å²) in [6.45, 7) is 8.40. The zero-order chi connectivity index (χ0) is 15.7. The van der Waals surface area contributed by atoms with Crippen LogP contribution in [0.2, 0.25) is 0 Å². The van der Waals surface area contributed by atoms with Crippen LogP contribution in [0.15, 0.2) is 34.9 Å². The molecule has 0 amide bonds. The van der Waals surface area contributed by atoms with Crippen LogP contribution in [0.25, 0.3) is 0 Å². The predicted molar refractivity (Wildman–Crippen MR) is 92.4 cm³/mol. The molecule has 0 bridgehead atoms. The summed E-state index contributed by atoms with van der Waals surface area (Å²) < 4.78 is 0. The van der Waals surface area contributed by atoms with Crippen molar-refractivity contribution in [2.45, 2.75) is 79.1 Å². The molecule has 1 aliphatic carbocycles. The smallest absolute Gasteiger partial charge is 0.136 e. The van der Waals surface area contributed by atoms with E-state index in [1.807, 2.05) is 0 Å². The molecule has 0 heterocycles. The van der Waals surface area contributed by atoms with Gasteiger partial charge in [-0.15, -0.1) is 0 Å². The van der Waals surface area contributed by atoms with Crippen molar-refractivity contribution in [3.8, 4) is 0 Å². The van der Waals surface area contributed by atoms with E-state index in [0.717, 1.165) is 44.9 Å². The van der Waals surface area contributed by atoms with E-state index in [-0.39, 0.29) is 5.92 Å². The average molecular weight is 288 g/mol. The largest absolute Gasteiger partial charge is 0.299 e. The molecule has 1 atom stereocenters. The number of allylic oxidation sites excluding steroid dienone is 6. The van der Waals surface area contributed by atoms with Crippen LogP contribution in [-0.2, 0) is 4.79 Å². The van der Waals surface area contributed by atoms with Crippen LogP contribution in [0.3, 0.4) is 0 Å². The predicted octanol–water partition coefficient (Wildman–Crippen LogP) is 6.16. The second-order valence-corrected chi connectivity index (χ2v) is 6.04. The monoisotopic (exact) mass is 288 g/mol. The highest BCUT2D eigenvalue weighted by Gasteiger charge is 2.18. The van der Waals surface area contributed by atoms with Crippen LogP contribution in [0.5, 0.6) is 0 Å². The van der Waals surface area contributed by atoms with Crippen LogP contribution in [-0.4, -0.2) is 5.78 Å². The summed E-state index contributed by atoms with van der Waals surface area (Å²) in [5, 5.41) is 0. The molecule has 1 aliphatic rings. The van der Waals surface area contributed by atoms with Crippen LogP contribution in [0.1, 0.15) is 79.1 Å².